The van der Waals surface area contributed by atoms with Gasteiger partial charge in [0.05, 0.1) is 14.2 Å². The lowest BCUT2D eigenvalue weighted by atomic mass is 10.1. The van der Waals surface area contributed by atoms with Crippen LogP contribution in [0.2, 0.25) is 0 Å². The lowest BCUT2D eigenvalue weighted by Crippen LogP contribution is -2.26. The van der Waals surface area contributed by atoms with Crippen molar-refractivity contribution in [1.29, 1.82) is 0 Å². The highest BCUT2D eigenvalue weighted by atomic mass is 19.4. The number of carbonyl (C=O) groups is 1. The van der Waals surface area contributed by atoms with Gasteiger partial charge in [-0.3, -0.25) is 0 Å². The Bertz CT molecular complexity index is 473. The van der Waals surface area contributed by atoms with Crippen LogP contribution in [0.3, 0.4) is 0 Å². The maximum Gasteiger partial charge on any atom is 0.419 e. The third kappa shape index (κ3) is 3.77. The van der Waals surface area contributed by atoms with Gasteiger partial charge in [-0.15, -0.1) is 0 Å². The molecule has 0 amide bonds. The lowest BCUT2D eigenvalue weighted by molar-refractivity contribution is -0.225. The van der Waals surface area contributed by atoms with E-state index in [1.807, 2.05) is 0 Å². The third-order valence-electron chi connectivity index (χ3n) is 2.39. The molecule has 5 nitrogen and oxygen atoms in total. The van der Waals surface area contributed by atoms with Gasteiger partial charge in [0.1, 0.15) is 6.61 Å². The van der Waals surface area contributed by atoms with Gasteiger partial charge in [0.15, 0.2) is 17.6 Å². The first-order valence-corrected chi connectivity index (χ1v) is 5.42. The van der Waals surface area contributed by atoms with Crippen molar-refractivity contribution >= 4 is 5.97 Å². The summed E-state index contributed by atoms with van der Waals surface area (Å²) < 4.78 is 53.2. The highest BCUT2D eigenvalue weighted by Crippen LogP contribution is 2.43. The maximum atomic E-state index is 13.0. The van der Waals surface area contributed by atoms with Gasteiger partial charge in [0.2, 0.25) is 0 Å². The van der Waals surface area contributed by atoms with Crippen LogP contribution >= 0.6 is 0 Å². The Kier molecular flexibility index (Phi) is 5.20. The second kappa shape index (κ2) is 6.47. The van der Waals surface area contributed by atoms with Crippen LogP contribution in [0.5, 0.6) is 11.5 Å². The van der Waals surface area contributed by atoms with E-state index in [4.69, 9.17) is 14.6 Å². The van der Waals surface area contributed by atoms with Gasteiger partial charge in [-0.2, -0.15) is 13.2 Å². The molecule has 0 fully saturated rings. The summed E-state index contributed by atoms with van der Waals surface area (Å²) in [6, 6.07) is 3.90. The van der Waals surface area contributed by atoms with Crippen molar-refractivity contribution in [3.8, 4) is 11.5 Å². The molecule has 1 rings (SSSR count). The molecule has 20 heavy (non-hydrogen) atoms. The summed E-state index contributed by atoms with van der Waals surface area (Å²) in [6.07, 6.45) is -7.20. The monoisotopic (exact) mass is 294 g/mol. The Morgan fingerprint density at radius 2 is 1.95 bits per heavy atom. The minimum atomic E-state index is -4.78. The molecule has 1 aromatic carbocycles. The molecule has 1 unspecified atom stereocenters. The topological polar surface area (TPSA) is 65.0 Å². The fourth-order valence-corrected chi connectivity index (χ4v) is 1.63. The number of hydrogen-bond acceptors (Lipinski definition) is 4. The minimum Gasteiger partial charge on any atom is -0.493 e. The van der Waals surface area contributed by atoms with Crippen LogP contribution in [-0.2, 0) is 9.53 Å². The Morgan fingerprint density at radius 3 is 2.40 bits per heavy atom. The van der Waals surface area contributed by atoms with Crippen LogP contribution in [0, 0.1) is 0 Å². The lowest BCUT2D eigenvalue weighted by Gasteiger charge is -2.23. The van der Waals surface area contributed by atoms with Crippen LogP contribution in [0.15, 0.2) is 18.2 Å². The first-order valence-electron chi connectivity index (χ1n) is 5.42. The molecule has 0 heterocycles. The van der Waals surface area contributed by atoms with Crippen LogP contribution in [0.1, 0.15) is 11.7 Å². The van der Waals surface area contributed by atoms with Crippen LogP contribution in [-0.4, -0.2) is 38.1 Å². The molecular formula is C12H13F3O5. The summed E-state index contributed by atoms with van der Waals surface area (Å²) in [7, 11) is 2.47. The molecule has 0 aliphatic heterocycles. The Balaban J connectivity index is 3.23. The van der Waals surface area contributed by atoms with Crippen molar-refractivity contribution < 1.29 is 37.3 Å². The van der Waals surface area contributed by atoms with Gasteiger partial charge < -0.3 is 19.3 Å². The Hall–Kier alpha value is -1.96. The van der Waals surface area contributed by atoms with E-state index in [1.54, 1.807) is 0 Å². The molecule has 0 bridgehead atoms. The molecule has 0 radical (unpaired) electrons. The smallest absolute Gasteiger partial charge is 0.419 e. The molecule has 0 saturated carbocycles. The molecule has 0 aromatic heterocycles. The molecular weight excluding hydrogens is 281 g/mol. The molecule has 8 heteroatoms. The fourth-order valence-electron chi connectivity index (χ4n) is 1.63. The molecule has 1 N–H and O–H groups in total. The zero-order valence-electron chi connectivity index (χ0n) is 10.7. The van der Waals surface area contributed by atoms with Gasteiger partial charge in [-0.25, -0.2) is 4.79 Å². The van der Waals surface area contributed by atoms with E-state index in [0.29, 0.717) is 0 Å². The first kappa shape index (κ1) is 16.1. The number of para-hydroxylation sites is 1. The number of carboxylic acids is 1. The fraction of sp³-hybridized carbons (Fsp3) is 0.417. The highest BCUT2D eigenvalue weighted by molar-refractivity contribution is 5.68. The number of hydrogen-bond donors (Lipinski definition) is 1. The molecule has 0 saturated heterocycles. The molecule has 0 spiro atoms. The maximum absolute atomic E-state index is 13.0. The van der Waals surface area contributed by atoms with E-state index in [9.17, 15) is 18.0 Å². The van der Waals surface area contributed by atoms with Crippen molar-refractivity contribution in [3.63, 3.8) is 0 Å². The number of methoxy groups -OCH3 is 2. The number of carboxylic acid groups (broad SMARTS) is 1. The van der Waals surface area contributed by atoms with E-state index < -0.39 is 24.9 Å². The van der Waals surface area contributed by atoms with Gasteiger partial charge in [0, 0.05) is 5.56 Å². The van der Waals surface area contributed by atoms with Crippen molar-refractivity contribution in [2.45, 2.75) is 12.3 Å². The normalized spacial score (nSPS) is 12.8. The second-order valence-corrected chi connectivity index (χ2v) is 3.71. The van der Waals surface area contributed by atoms with E-state index in [2.05, 4.69) is 4.74 Å². The highest BCUT2D eigenvalue weighted by Gasteiger charge is 2.44. The molecule has 1 atom stereocenters. The minimum absolute atomic E-state index is 0.0955. The standard InChI is InChI=1S/C12H13F3O5/c1-18-8-5-3-4-7(10(8)19-2)11(12(13,14)15)20-6-9(16)17/h3-5,11H,6H2,1-2H3,(H,16,17). The van der Waals surface area contributed by atoms with Crippen LogP contribution in [0.4, 0.5) is 13.2 Å². The number of benzene rings is 1. The van der Waals surface area contributed by atoms with Gasteiger partial charge in [-0.05, 0) is 6.07 Å². The average Bonchev–Trinajstić information content (AvgIpc) is 2.36. The van der Waals surface area contributed by atoms with Crippen molar-refractivity contribution in [2.75, 3.05) is 20.8 Å². The zero-order valence-corrected chi connectivity index (χ0v) is 10.7. The van der Waals surface area contributed by atoms with Crippen LogP contribution < -0.4 is 9.47 Å². The average molecular weight is 294 g/mol. The predicted octanol–water partition coefficient (Wildman–Crippen LogP) is 2.41. The zero-order chi connectivity index (χ0) is 15.3. The van der Waals surface area contributed by atoms with Crippen molar-refractivity contribution in [2.24, 2.45) is 0 Å². The number of rotatable bonds is 6. The largest absolute Gasteiger partial charge is 0.493 e. The van der Waals surface area contributed by atoms with Crippen molar-refractivity contribution in [1.82, 2.24) is 0 Å². The quantitative estimate of drug-likeness (QED) is 0.872. The van der Waals surface area contributed by atoms with Gasteiger partial charge in [-0.1, -0.05) is 12.1 Å². The van der Waals surface area contributed by atoms with E-state index in [-0.39, 0.29) is 17.1 Å². The molecule has 112 valence electrons. The summed E-state index contributed by atoms with van der Waals surface area (Å²) in [5, 5.41) is 8.45. The summed E-state index contributed by atoms with van der Waals surface area (Å²) in [5.74, 6) is -1.55. The number of ether oxygens (including phenoxy) is 3. The van der Waals surface area contributed by atoms with E-state index >= 15 is 0 Å². The predicted molar refractivity (Wildman–Crippen MR) is 61.9 cm³/mol. The molecule has 1 aromatic rings. The van der Waals surface area contributed by atoms with E-state index in [1.165, 1.54) is 26.4 Å². The van der Waals surface area contributed by atoms with E-state index in [0.717, 1.165) is 6.07 Å². The first-order chi connectivity index (χ1) is 9.31. The Morgan fingerprint density at radius 1 is 1.30 bits per heavy atom. The SMILES string of the molecule is COc1cccc(C(OCC(=O)O)C(F)(F)F)c1OC. The summed E-state index contributed by atoms with van der Waals surface area (Å²) in [5.41, 5.74) is -0.347. The molecule has 0 aliphatic rings. The Labute approximate surface area is 112 Å². The second-order valence-electron chi connectivity index (χ2n) is 3.71. The number of halogens is 3. The van der Waals surface area contributed by atoms with Crippen LogP contribution in [0.25, 0.3) is 0 Å². The van der Waals surface area contributed by atoms with Gasteiger partial charge >= 0.3 is 12.1 Å². The summed E-state index contributed by atoms with van der Waals surface area (Å²) in [4.78, 5) is 10.4. The number of aliphatic carboxylic acids is 1. The summed E-state index contributed by atoms with van der Waals surface area (Å²) >= 11 is 0. The third-order valence-corrected chi connectivity index (χ3v) is 2.39. The summed E-state index contributed by atoms with van der Waals surface area (Å²) in [6.45, 7) is -1.08. The van der Waals surface area contributed by atoms with Gasteiger partial charge in [0.25, 0.3) is 0 Å². The number of alkyl halides is 3. The molecule has 0 aliphatic carbocycles. The van der Waals surface area contributed by atoms with Crippen molar-refractivity contribution in [3.05, 3.63) is 23.8 Å².